The summed E-state index contributed by atoms with van der Waals surface area (Å²) in [7, 11) is 0. The minimum absolute atomic E-state index is 0.398. The lowest BCUT2D eigenvalue weighted by Crippen LogP contribution is -2.25. The molecule has 1 aromatic heterocycles. The summed E-state index contributed by atoms with van der Waals surface area (Å²) >= 11 is 0. The van der Waals surface area contributed by atoms with Crippen molar-refractivity contribution in [2.45, 2.75) is 20.8 Å². The third-order valence-electron chi connectivity index (χ3n) is 3.00. The van der Waals surface area contributed by atoms with Crippen LogP contribution in [0.1, 0.15) is 17.0 Å². The summed E-state index contributed by atoms with van der Waals surface area (Å²) in [5, 5.41) is 9.25. The van der Waals surface area contributed by atoms with Gasteiger partial charge >= 0.3 is 0 Å². The van der Waals surface area contributed by atoms with Crippen LogP contribution >= 0.6 is 0 Å². The van der Waals surface area contributed by atoms with Crippen LogP contribution in [-0.4, -0.2) is 23.1 Å². The molecule has 0 bridgehead atoms. The Labute approximate surface area is 124 Å². The smallest absolute Gasteiger partial charge is 0.239 e. The van der Waals surface area contributed by atoms with E-state index in [9.17, 15) is 5.26 Å². The van der Waals surface area contributed by atoms with Gasteiger partial charge < -0.3 is 4.74 Å². The molecule has 1 heterocycles. The summed E-state index contributed by atoms with van der Waals surface area (Å²) in [6.07, 6.45) is 2.10. The van der Waals surface area contributed by atoms with Crippen molar-refractivity contribution in [2.75, 3.05) is 18.1 Å². The molecule has 21 heavy (non-hydrogen) atoms. The number of aromatic nitrogens is 2. The molecule has 0 atom stereocenters. The van der Waals surface area contributed by atoms with Crippen molar-refractivity contribution in [3.63, 3.8) is 0 Å². The Hall–Kier alpha value is -2.61. The first-order valence-corrected chi connectivity index (χ1v) is 6.78. The number of anilines is 1. The van der Waals surface area contributed by atoms with Crippen molar-refractivity contribution >= 4 is 5.95 Å². The molecule has 5 heteroatoms. The third-order valence-corrected chi connectivity index (χ3v) is 3.00. The van der Waals surface area contributed by atoms with Gasteiger partial charge in [0.2, 0.25) is 5.95 Å². The van der Waals surface area contributed by atoms with E-state index in [0.717, 1.165) is 22.7 Å². The summed E-state index contributed by atoms with van der Waals surface area (Å²) < 4.78 is 5.70. The molecule has 5 nitrogen and oxygen atoms in total. The second kappa shape index (κ2) is 6.71. The molecule has 2 rings (SSSR count). The number of benzene rings is 1. The number of para-hydroxylation sites is 1. The van der Waals surface area contributed by atoms with Gasteiger partial charge in [0.05, 0.1) is 6.54 Å². The third kappa shape index (κ3) is 3.93. The Morgan fingerprint density at radius 2 is 1.81 bits per heavy atom. The number of nitriles is 1. The van der Waals surface area contributed by atoms with E-state index < -0.39 is 0 Å². The molecule has 0 aliphatic heterocycles. The van der Waals surface area contributed by atoms with Crippen LogP contribution in [0.5, 0.6) is 5.75 Å². The predicted octanol–water partition coefficient (Wildman–Crippen LogP) is 2.77. The molecule has 0 radical (unpaired) electrons. The SMILES string of the molecule is Cc1cc(C)nc(N(C#N)CCOc2ccccc2C)n1. The van der Waals surface area contributed by atoms with E-state index in [0.29, 0.717) is 19.1 Å². The van der Waals surface area contributed by atoms with Gasteiger partial charge in [-0.25, -0.2) is 14.9 Å². The fourth-order valence-corrected chi connectivity index (χ4v) is 1.99. The number of nitrogens with zero attached hydrogens (tertiary/aromatic N) is 4. The van der Waals surface area contributed by atoms with Gasteiger partial charge in [-0.05, 0) is 38.5 Å². The first-order chi connectivity index (χ1) is 10.1. The van der Waals surface area contributed by atoms with Crippen LogP contribution in [0.3, 0.4) is 0 Å². The lowest BCUT2D eigenvalue weighted by molar-refractivity contribution is 0.325. The Morgan fingerprint density at radius 3 is 2.43 bits per heavy atom. The average Bonchev–Trinajstić information content (AvgIpc) is 2.44. The monoisotopic (exact) mass is 282 g/mol. The van der Waals surface area contributed by atoms with Gasteiger partial charge in [0.1, 0.15) is 12.4 Å². The maximum atomic E-state index is 9.25. The zero-order valence-corrected chi connectivity index (χ0v) is 12.5. The standard InChI is InChI=1S/C16H18N4O/c1-12-6-4-5-7-15(12)21-9-8-20(11-17)16-18-13(2)10-14(3)19-16/h4-7,10H,8-9H2,1-3H3. The number of hydrogen-bond acceptors (Lipinski definition) is 5. The van der Waals surface area contributed by atoms with Crippen LogP contribution in [0, 0.1) is 32.2 Å². The largest absolute Gasteiger partial charge is 0.491 e. The second-order valence-electron chi connectivity index (χ2n) is 4.82. The van der Waals surface area contributed by atoms with E-state index in [1.54, 1.807) is 0 Å². The Morgan fingerprint density at radius 1 is 1.14 bits per heavy atom. The Balaban J connectivity index is 2.00. The lowest BCUT2D eigenvalue weighted by atomic mass is 10.2. The molecule has 0 N–H and O–H groups in total. The topological polar surface area (TPSA) is 62.0 Å². The van der Waals surface area contributed by atoms with Crippen molar-refractivity contribution < 1.29 is 4.74 Å². The normalized spacial score (nSPS) is 10.0. The van der Waals surface area contributed by atoms with Crippen LogP contribution < -0.4 is 9.64 Å². The molecule has 2 aromatic rings. The van der Waals surface area contributed by atoms with Crippen molar-refractivity contribution in [2.24, 2.45) is 0 Å². The number of rotatable bonds is 5. The van der Waals surface area contributed by atoms with Gasteiger partial charge in [-0.3, -0.25) is 0 Å². The number of aryl methyl sites for hydroxylation is 3. The van der Waals surface area contributed by atoms with E-state index in [2.05, 4.69) is 16.2 Å². The highest BCUT2D eigenvalue weighted by Crippen LogP contribution is 2.16. The van der Waals surface area contributed by atoms with Gasteiger partial charge in [0.15, 0.2) is 6.19 Å². The van der Waals surface area contributed by atoms with Crippen LogP contribution in [0.2, 0.25) is 0 Å². The Kier molecular flexibility index (Phi) is 4.72. The van der Waals surface area contributed by atoms with E-state index in [1.165, 1.54) is 4.90 Å². The van der Waals surface area contributed by atoms with Gasteiger partial charge in [0.25, 0.3) is 0 Å². The molecule has 108 valence electrons. The molecular formula is C16H18N4O. The molecule has 0 aliphatic rings. The minimum Gasteiger partial charge on any atom is -0.491 e. The van der Waals surface area contributed by atoms with Crippen LogP contribution in [0.4, 0.5) is 5.95 Å². The molecular weight excluding hydrogens is 264 g/mol. The van der Waals surface area contributed by atoms with Crippen LogP contribution in [0.15, 0.2) is 30.3 Å². The van der Waals surface area contributed by atoms with E-state index >= 15 is 0 Å². The summed E-state index contributed by atoms with van der Waals surface area (Å²) in [6, 6.07) is 9.68. The van der Waals surface area contributed by atoms with Crippen molar-refractivity contribution in [3.8, 4) is 11.9 Å². The highest BCUT2D eigenvalue weighted by molar-refractivity contribution is 5.37. The van der Waals surface area contributed by atoms with Crippen molar-refractivity contribution in [3.05, 3.63) is 47.3 Å². The quantitative estimate of drug-likeness (QED) is 0.623. The zero-order valence-electron chi connectivity index (χ0n) is 12.5. The van der Waals surface area contributed by atoms with Crippen molar-refractivity contribution in [1.29, 1.82) is 5.26 Å². The van der Waals surface area contributed by atoms with Crippen LogP contribution in [-0.2, 0) is 0 Å². The second-order valence-corrected chi connectivity index (χ2v) is 4.82. The molecule has 0 unspecified atom stereocenters. The first-order valence-electron chi connectivity index (χ1n) is 6.78. The zero-order chi connectivity index (χ0) is 15.2. The van der Waals surface area contributed by atoms with Crippen LogP contribution in [0.25, 0.3) is 0 Å². The van der Waals surface area contributed by atoms with Gasteiger partial charge in [0, 0.05) is 11.4 Å². The molecule has 0 aliphatic carbocycles. The fourth-order valence-electron chi connectivity index (χ4n) is 1.99. The fraction of sp³-hybridized carbons (Fsp3) is 0.312. The first kappa shape index (κ1) is 14.8. The average molecular weight is 282 g/mol. The maximum absolute atomic E-state index is 9.25. The maximum Gasteiger partial charge on any atom is 0.239 e. The highest BCUT2D eigenvalue weighted by Gasteiger charge is 2.10. The molecule has 0 amide bonds. The van der Waals surface area contributed by atoms with Crippen molar-refractivity contribution in [1.82, 2.24) is 9.97 Å². The number of ether oxygens (including phenoxy) is 1. The lowest BCUT2D eigenvalue weighted by Gasteiger charge is -2.15. The summed E-state index contributed by atoms with van der Waals surface area (Å²) in [6.45, 7) is 6.57. The molecule has 0 spiro atoms. The molecule has 1 aromatic carbocycles. The van der Waals surface area contributed by atoms with E-state index in [-0.39, 0.29) is 0 Å². The summed E-state index contributed by atoms with van der Waals surface area (Å²) in [5.74, 6) is 1.25. The minimum atomic E-state index is 0.398. The predicted molar refractivity (Wildman–Crippen MR) is 81.1 cm³/mol. The Bertz CT molecular complexity index is 643. The van der Waals surface area contributed by atoms with E-state index in [1.807, 2.05) is 51.1 Å². The highest BCUT2D eigenvalue weighted by atomic mass is 16.5. The van der Waals surface area contributed by atoms with Gasteiger partial charge in [-0.1, -0.05) is 18.2 Å². The molecule has 0 fully saturated rings. The van der Waals surface area contributed by atoms with Gasteiger partial charge in [-0.15, -0.1) is 0 Å². The van der Waals surface area contributed by atoms with E-state index in [4.69, 9.17) is 4.74 Å². The summed E-state index contributed by atoms with van der Waals surface area (Å²) in [5.41, 5.74) is 2.76. The molecule has 0 saturated heterocycles. The van der Waals surface area contributed by atoms with Gasteiger partial charge in [-0.2, -0.15) is 5.26 Å². The number of hydrogen-bond donors (Lipinski definition) is 0. The molecule has 0 saturated carbocycles. The summed E-state index contributed by atoms with van der Waals surface area (Å²) in [4.78, 5) is 10.0.